The Bertz CT molecular complexity index is 2780. The summed E-state index contributed by atoms with van der Waals surface area (Å²) >= 11 is 0. The van der Waals surface area contributed by atoms with E-state index >= 15 is 0 Å². The zero-order valence-corrected chi connectivity index (χ0v) is 68.0. The third-order valence-corrected chi connectivity index (χ3v) is 19.4. The van der Waals surface area contributed by atoms with Crippen LogP contribution in [0, 0.1) is 0 Å². The van der Waals surface area contributed by atoms with E-state index in [1.165, 1.54) is 20.8 Å². The Balaban J connectivity index is 1.51. The molecule has 3 fully saturated rings. The number of carbonyl (C=O) groups is 8. The van der Waals surface area contributed by atoms with E-state index in [9.17, 15) is 93.8 Å². The molecule has 116 heavy (non-hydrogen) atoms. The standard InChI is InChI=1S/C70H129N8O37P/c1-45(82)74-56-62(91)59(88)50(42-79)113-67(56)109-38-34-99-17-13-71-53(85)11-9-48(65(94)72-14-18-100-35-39-110-68-57(75-46(2)83)63(92)60(89)51(43-80)114-68)78-55(87)12-10-49(66(95)73-15-19-101-36-40-111-69-58(76-47(3)84)64(93)61(90)52(44-81)115-69)77-54(86)8-7-16-98-20-21-102-22-23-103-24-25-104-26-27-105-28-29-106-30-31-107-32-33-108-37-41-112-116(96,97)70(4,5)6/h48-52,56-64,67-69,79-81,88-93H,7-44H2,1-6H3,(H,71,85)(H,72,94)(H,73,95)(H,74,82)(H,75,83)(H,76,84)(H,77,86)(H,78,87)(H,96,97). The zero-order valence-electron chi connectivity index (χ0n) is 67.1. The van der Waals surface area contributed by atoms with Crippen LogP contribution in [0.4, 0.5) is 0 Å². The maximum atomic E-state index is 13.8. The van der Waals surface area contributed by atoms with Gasteiger partial charge in [-0.25, -0.2) is 0 Å². The van der Waals surface area contributed by atoms with Crippen molar-refractivity contribution in [1.29, 1.82) is 0 Å². The summed E-state index contributed by atoms with van der Waals surface area (Å²) in [6, 6.07) is -6.27. The van der Waals surface area contributed by atoms with Gasteiger partial charge in [0.25, 0.3) is 0 Å². The average molecular weight is 1710 g/mol. The van der Waals surface area contributed by atoms with Gasteiger partial charge in [0.05, 0.1) is 190 Å². The molecule has 676 valence electrons. The van der Waals surface area contributed by atoms with Gasteiger partial charge in [0.1, 0.15) is 85.1 Å². The third-order valence-electron chi connectivity index (χ3n) is 17.2. The van der Waals surface area contributed by atoms with Crippen molar-refractivity contribution >= 4 is 54.9 Å². The van der Waals surface area contributed by atoms with Crippen LogP contribution in [-0.2, 0) is 128 Å². The Morgan fingerprint density at radius 1 is 0.362 bits per heavy atom. The minimum atomic E-state index is -3.73. The summed E-state index contributed by atoms with van der Waals surface area (Å²) in [7, 11) is -3.73. The first-order valence-corrected chi connectivity index (χ1v) is 40.3. The molecule has 0 spiro atoms. The molecule has 0 aromatic carbocycles. The van der Waals surface area contributed by atoms with E-state index in [0.717, 1.165) is 0 Å². The molecular weight excluding hydrogens is 1580 g/mol. The molecule has 45 nitrogen and oxygen atoms in total. The number of hydrogen-bond donors (Lipinski definition) is 18. The second kappa shape index (κ2) is 61.2. The Morgan fingerprint density at radius 2 is 0.629 bits per heavy atom. The van der Waals surface area contributed by atoms with Gasteiger partial charge in [-0.1, -0.05) is 0 Å². The van der Waals surface area contributed by atoms with Crippen LogP contribution in [0.25, 0.3) is 0 Å². The fourth-order valence-electron chi connectivity index (χ4n) is 10.9. The van der Waals surface area contributed by atoms with Gasteiger partial charge in [-0.15, -0.1) is 0 Å². The minimum Gasteiger partial charge on any atom is -0.394 e. The molecule has 18 unspecified atom stereocenters. The molecule has 0 aromatic rings. The zero-order chi connectivity index (χ0) is 85.7. The largest absolute Gasteiger partial charge is 0.394 e. The first-order chi connectivity index (χ1) is 55.5. The normalized spacial score (nSPS) is 24.6. The molecule has 18 atom stereocenters. The van der Waals surface area contributed by atoms with Crippen molar-refractivity contribution in [2.24, 2.45) is 0 Å². The monoisotopic (exact) mass is 1700 g/mol. The van der Waals surface area contributed by atoms with Gasteiger partial charge in [-0.05, 0) is 40.0 Å². The molecular formula is C70H129N8O37P. The lowest BCUT2D eigenvalue weighted by Gasteiger charge is -2.42. The first kappa shape index (κ1) is 105. The average Bonchev–Trinajstić information content (AvgIpc) is 0.818. The van der Waals surface area contributed by atoms with Crippen LogP contribution in [-0.4, -0.2) is 419 Å². The number of amides is 8. The van der Waals surface area contributed by atoms with Crippen molar-refractivity contribution in [3.05, 3.63) is 0 Å². The fourth-order valence-corrected chi connectivity index (χ4v) is 11.6. The van der Waals surface area contributed by atoms with Crippen molar-refractivity contribution in [3.63, 3.8) is 0 Å². The molecule has 0 aliphatic carbocycles. The highest BCUT2D eigenvalue weighted by atomic mass is 31.2. The van der Waals surface area contributed by atoms with Crippen LogP contribution in [0.1, 0.15) is 80.1 Å². The maximum absolute atomic E-state index is 13.8. The lowest BCUT2D eigenvalue weighted by atomic mass is 9.97. The van der Waals surface area contributed by atoms with E-state index in [-0.39, 0.29) is 151 Å². The number of aliphatic hydroxyl groups is 9. The number of rotatable bonds is 66. The molecule has 0 radical (unpaired) electrons. The van der Waals surface area contributed by atoms with Crippen LogP contribution in [0.2, 0.25) is 0 Å². The van der Waals surface area contributed by atoms with Crippen LogP contribution < -0.4 is 42.5 Å². The quantitative estimate of drug-likeness (QED) is 0.0199. The second-order valence-corrected chi connectivity index (χ2v) is 30.2. The topological polar surface area (TPSA) is 618 Å². The number of carbonyl (C=O) groups excluding carboxylic acids is 8. The number of nitrogens with one attached hydrogen (secondary N) is 8. The van der Waals surface area contributed by atoms with Crippen molar-refractivity contribution in [2.75, 3.05) is 211 Å². The van der Waals surface area contributed by atoms with Crippen molar-refractivity contribution in [2.45, 2.75) is 189 Å². The van der Waals surface area contributed by atoms with Gasteiger partial charge in [0.15, 0.2) is 18.9 Å². The summed E-state index contributed by atoms with van der Waals surface area (Å²) in [6.07, 6.45) is -17.9. The summed E-state index contributed by atoms with van der Waals surface area (Å²) in [5.74, 6) is -5.04. The number of hydrogen-bond acceptors (Lipinski definition) is 36. The van der Waals surface area contributed by atoms with Crippen molar-refractivity contribution in [3.8, 4) is 0 Å². The van der Waals surface area contributed by atoms with Gasteiger partial charge in [-0.2, -0.15) is 0 Å². The predicted molar refractivity (Wildman–Crippen MR) is 399 cm³/mol. The van der Waals surface area contributed by atoms with Gasteiger partial charge in [0, 0.05) is 66.3 Å². The summed E-state index contributed by atoms with van der Waals surface area (Å²) in [5, 5.41) is 111. The Morgan fingerprint density at radius 3 is 0.931 bits per heavy atom. The van der Waals surface area contributed by atoms with Gasteiger partial charge >= 0.3 is 7.60 Å². The van der Waals surface area contributed by atoms with Crippen LogP contribution in [0.15, 0.2) is 0 Å². The van der Waals surface area contributed by atoms with E-state index in [2.05, 4.69) is 42.5 Å². The molecule has 3 aliphatic rings. The third kappa shape index (κ3) is 43.9. The molecule has 3 aliphatic heterocycles. The van der Waals surface area contributed by atoms with Gasteiger partial charge < -0.3 is 178 Å². The van der Waals surface area contributed by atoms with Crippen molar-refractivity contribution in [1.82, 2.24) is 42.5 Å². The molecule has 8 amide bonds. The van der Waals surface area contributed by atoms with E-state index in [1.807, 2.05) is 0 Å². The van der Waals surface area contributed by atoms with Crippen molar-refractivity contribution < 1.29 is 179 Å². The van der Waals surface area contributed by atoms with Crippen LogP contribution in [0.5, 0.6) is 0 Å². The summed E-state index contributed by atoms with van der Waals surface area (Å²) in [4.78, 5) is 113. The van der Waals surface area contributed by atoms with E-state index in [0.29, 0.717) is 72.7 Å². The van der Waals surface area contributed by atoms with Crippen LogP contribution in [0.3, 0.4) is 0 Å². The number of aliphatic hydroxyl groups excluding tert-OH is 9. The summed E-state index contributed by atoms with van der Waals surface area (Å²) in [5.41, 5.74) is 0. The summed E-state index contributed by atoms with van der Waals surface area (Å²) in [6.45, 7) is 9.85. The lowest BCUT2D eigenvalue weighted by molar-refractivity contribution is -0.272. The lowest BCUT2D eigenvalue weighted by Crippen LogP contribution is -2.64. The first-order valence-electron chi connectivity index (χ1n) is 38.7. The Labute approximate surface area is 674 Å². The highest BCUT2D eigenvalue weighted by Crippen LogP contribution is 2.54. The van der Waals surface area contributed by atoms with Gasteiger partial charge in [-0.3, -0.25) is 42.9 Å². The molecule has 0 saturated carbocycles. The smallest absolute Gasteiger partial charge is 0.333 e. The molecule has 3 rings (SSSR count). The van der Waals surface area contributed by atoms with E-state index < -0.39 is 190 Å². The second-order valence-electron chi connectivity index (χ2n) is 27.5. The number of ether oxygens (including phenoxy) is 17. The molecule has 0 bridgehead atoms. The predicted octanol–water partition coefficient (Wildman–Crippen LogP) is -8.29. The minimum absolute atomic E-state index is 0.00101. The highest BCUT2D eigenvalue weighted by molar-refractivity contribution is 7.54. The Kier molecular flexibility index (Phi) is 55.4. The molecule has 46 heteroatoms. The molecule has 18 N–H and O–H groups in total. The summed E-state index contributed by atoms with van der Waals surface area (Å²) < 4.78 is 112. The molecule has 3 saturated heterocycles. The van der Waals surface area contributed by atoms with Gasteiger partial charge in [0.2, 0.25) is 47.3 Å². The Hall–Kier alpha value is -5.13. The molecule has 3 heterocycles. The van der Waals surface area contributed by atoms with Crippen LogP contribution >= 0.6 is 7.60 Å². The van der Waals surface area contributed by atoms with E-state index in [1.54, 1.807) is 20.8 Å². The highest BCUT2D eigenvalue weighted by Gasteiger charge is 2.48. The maximum Gasteiger partial charge on any atom is 0.333 e. The molecule has 0 aromatic heterocycles. The van der Waals surface area contributed by atoms with E-state index in [4.69, 9.17) is 85.1 Å². The SMILES string of the molecule is CC(=O)NC1C(OCCOCCNC(=O)CCC(NC(=O)CCC(NC(=O)CCCOCCOCCOCCOCCOCCOCCOCCOCCOP(=O)(O)C(C)(C)C)C(=O)NCCOCCOC2OC(CO)C(O)C(O)C2NC(C)=O)C(=O)NCCOCCOC2OC(CO)C(O)C(O)C2NC(C)=O)OC(CO)C(O)C1O. The fraction of sp³-hybridized carbons (Fsp3) is 0.886.